The first kappa shape index (κ1) is 13.9. The lowest BCUT2D eigenvalue weighted by molar-refractivity contribution is 0.215. The zero-order valence-electron chi connectivity index (χ0n) is 11.3. The molecule has 1 heterocycles. The van der Waals surface area contributed by atoms with Crippen molar-refractivity contribution in [2.45, 2.75) is 32.4 Å². The average molecular weight is 267 g/mol. The van der Waals surface area contributed by atoms with Crippen LogP contribution in [0.25, 0.3) is 0 Å². The average Bonchev–Trinajstić information content (AvgIpc) is 2.32. The summed E-state index contributed by atoms with van der Waals surface area (Å²) in [6.07, 6.45) is 2.60. The number of rotatable bonds is 4. The highest BCUT2D eigenvalue weighted by Gasteiger charge is 2.19. The minimum absolute atomic E-state index is 0.674. The molecule has 2 atom stereocenters. The molecule has 1 N–H and O–H groups in total. The van der Waals surface area contributed by atoms with E-state index in [0.29, 0.717) is 6.04 Å². The molecule has 1 aromatic rings. The fraction of sp³-hybridized carbons (Fsp3) is 0.600. The first-order chi connectivity index (χ1) is 8.63. The number of nitrogens with one attached hydrogen (secondary N) is 1. The largest absolute Gasteiger partial charge is 0.314 e. The van der Waals surface area contributed by atoms with Crippen molar-refractivity contribution < 1.29 is 0 Å². The van der Waals surface area contributed by atoms with Gasteiger partial charge in [-0.25, -0.2) is 0 Å². The maximum Gasteiger partial charge on any atom is 0.0406 e. The van der Waals surface area contributed by atoms with Crippen LogP contribution < -0.4 is 5.32 Å². The van der Waals surface area contributed by atoms with Crippen LogP contribution in [0.4, 0.5) is 0 Å². The van der Waals surface area contributed by atoms with Gasteiger partial charge in [0.15, 0.2) is 0 Å². The molecular formula is C15H23ClN2. The molecule has 1 fully saturated rings. The third kappa shape index (κ3) is 4.27. The van der Waals surface area contributed by atoms with Crippen molar-refractivity contribution in [3.63, 3.8) is 0 Å². The minimum Gasteiger partial charge on any atom is -0.314 e. The van der Waals surface area contributed by atoms with Gasteiger partial charge in [0, 0.05) is 24.2 Å². The highest BCUT2D eigenvalue weighted by molar-refractivity contribution is 6.30. The molecule has 1 aromatic carbocycles. The van der Waals surface area contributed by atoms with E-state index in [1.165, 1.54) is 31.5 Å². The number of halogens is 1. The molecule has 0 saturated carbocycles. The van der Waals surface area contributed by atoms with E-state index >= 15 is 0 Å². The van der Waals surface area contributed by atoms with Crippen molar-refractivity contribution in [2.24, 2.45) is 5.92 Å². The molecule has 2 unspecified atom stereocenters. The van der Waals surface area contributed by atoms with Crippen molar-refractivity contribution in [1.82, 2.24) is 10.2 Å². The quantitative estimate of drug-likeness (QED) is 0.901. The molecule has 0 spiro atoms. The maximum atomic E-state index is 5.90. The normalized spacial score (nSPS) is 24.4. The van der Waals surface area contributed by atoms with Crippen LogP contribution in [0.5, 0.6) is 0 Å². The highest BCUT2D eigenvalue weighted by atomic mass is 35.5. The van der Waals surface area contributed by atoms with E-state index in [1.54, 1.807) is 0 Å². The van der Waals surface area contributed by atoms with Gasteiger partial charge in [0.2, 0.25) is 0 Å². The van der Waals surface area contributed by atoms with E-state index in [-0.39, 0.29) is 0 Å². The molecule has 1 aliphatic heterocycles. The second kappa shape index (κ2) is 6.55. The van der Waals surface area contributed by atoms with Gasteiger partial charge in [-0.3, -0.25) is 0 Å². The number of nitrogens with zero attached hydrogens (tertiary/aromatic N) is 1. The van der Waals surface area contributed by atoms with Gasteiger partial charge >= 0.3 is 0 Å². The van der Waals surface area contributed by atoms with Crippen LogP contribution in [0, 0.1) is 5.92 Å². The molecule has 0 aromatic heterocycles. The van der Waals surface area contributed by atoms with Gasteiger partial charge < -0.3 is 10.2 Å². The van der Waals surface area contributed by atoms with Crippen molar-refractivity contribution in [3.8, 4) is 0 Å². The molecule has 0 bridgehead atoms. The Balaban J connectivity index is 1.81. The molecule has 0 aliphatic carbocycles. The van der Waals surface area contributed by atoms with Crippen LogP contribution in [-0.2, 0) is 6.54 Å². The van der Waals surface area contributed by atoms with Crippen LogP contribution in [0.15, 0.2) is 24.3 Å². The van der Waals surface area contributed by atoms with Crippen molar-refractivity contribution in [3.05, 3.63) is 34.9 Å². The first-order valence-electron chi connectivity index (χ1n) is 6.80. The second-order valence-electron chi connectivity index (χ2n) is 5.57. The minimum atomic E-state index is 0.674. The van der Waals surface area contributed by atoms with Gasteiger partial charge in [-0.15, -0.1) is 0 Å². The fourth-order valence-electron chi connectivity index (χ4n) is 2.81. The Hall–Kier alpha value is -0.570. The van der Waals surface area contributed by atoms with Crippen LogP contribution >= 0.6 is 11.6 Å². The fourth-order valence-corrected chi connectivity index (χ4v) is 2.93. The van der Waals surface area contributed by atoms with Crippen LogP contribution in [-0.4, -0.2) is 31.1 Å². The van der Waals surface area contributed by atoms with E-state index < -0.39 is 0 Å². The summed E-state index contributed by atoms with van der Waals surface area (Å²) in [6, 6.07) is 8.84. The van der Waals surface area contributed by atoms with Gasteiger partial charge in [-0.1, -0.05) is 23.7 Å². The van der Waals surface area contributed by atoms with Crippen LogP contribution in [0.3, 0.4) is 0 Å². The SMILES string of the molecule is CC1CC(CN(C)Cc2ccc(Cl)cc2)CCN1. The first-order valence-corrected chi connectivity index (χ1v) is 7.17. The standard InChI is InChI=1S/C15H23ClN2/c1-12-9-14(7-8-17-12)11-18(2)10-13-3-5-15(16)6-4-13/h3-6,12,14,17H,7-11H2,1-2H3. The molecule has 0 radical (unpaired) electrons. The lowest BCUT2D eigenvalue weighted by Crippen LogP contribution is -2.39. The van der Waals surface area contributed by atoms with Crippen LogP contribution in [0.1, 0.15) is 25.3 Å². The molecule has 100 valence electrons. The summed E-state index contributed by atoms with van der Waals surface area (Å²) in [5.41, 5.74) is 1.34. The smallest absolute Gasteiger partial charge is 0.0406 e. The Morgan fingerprint density at radius 2 is 2.06 bits per heavy atom. The molecule has 2 nitrogen and oxygen atoms in total. The predicted octanol–water partition coefficient (Wildman–Crippen LogP) is 3.16. The molecule has 1 saturated heterocycles. The number of hydrogen-bond acceptors (Lipinski definition) is 2. The molecule has 18 heavy (non-hydrogen) atoms. The van der Waals surface area contributed by atoms with Crippen molar-refractivity contribution in [2.75, 3.05) is 20.1 Å². The predicted molar refractivity (Wildman–Crippen MR) is 78.0 cm³/mol. The summed E-state index contributed by atoms with van der Waals surface area (Å²) in [4.78, 5) is 2.42. The van der Waals surface area contributed by atoms with E-state index in [0.717, 1.165) is 17.5 Å². The monoisotopic (exact) mass is 266 g/mol. The van der Waals surface area contributed by atoms with E-state index in [4.69, 9.17) is 11.6 Å². The van der Waals surface area contributed by atoms with Gasteiger partial charge in [0.25, 0.3) is 0 Å². The number of benzene rings is 1. The van der Waals surface area contributed by atoms with Gasteiger partial charge in [0.05, 0.1) is 0 Å². The topological polar surface area (TPSA) is 15.3 Å². The summed E-state index contributed by atoms with van der Waals surface area (Å²) in [6.45, 7) is 5.65. The maximum absolute atomic E-state index is 5.90. The Labute approximate surface area is 115 Å². The number of hydrogen-bond donors (Lipinski definition) is 1. The second-order valence-corrected chi connectivity index (χ2v) is 6.01. The summed E-state index contributed by atoms with van der Waals surface area (Å²) in [7, 11) is 2.21. The zero-order chi connectivity index (χ0) is 13.0. The molecule has 2 rings (SSSR count). The Morgan fingerprint density at radius 1 is 1.33 bits per heavy atom. The number of piperidine rings is 1. The third-order valence-electron chi connectivity index (χ3n) is 3.67. The summed E-state index contributed by atoms with van der Waals surface area (Å²) in [5.74, 6) is 0.832. The molecular weight excluding hydrogens is 244 g/mol. The zero-order valence-corrected chi connectivity index (χ0v) is 12.1. The van der Waals surface area contributed by atoms with E-state index in [1.807, 2.05) is 12.1 Å². The lowest BCUT2D eigenvalue weighted by atomic mass is 9.93. The van der Waals surface area contributed by atoms with Crippen LogP contribution in [0.2, 0.25) is 5.02 Å². The summed E-state index contributed by atoms with van der Waals surface area (Å²) >= 11 is 5.90. The molecule has 0 amide bonds. The van der Waals surface area contributed by atoms with Gasteiger partial charge in [-0.05, 0) is 57.0 Å². The van der Waals surface area contributed by atoms with Gasteiger partial charge in [-0.2, -0.15) is 0 Å². The van der Waals surface area contributed by atoms with Crippen molar-refractivity contribution in [1.29, 1.82) is 0 Å². The third-order valence-corrected chi connectivity index (χ3v) is 3.92. The summed E-state index contributed by atoms with van der Waals surface area (Å²) < 4.78 is 0. The summed E-state index contributed by atoms with van der Waals surface area (Å²) in [5, 5.41) is 4.32. The van der Waals surface area contributed by atoms with E-state index in [9.17, 15) is 0 Å². The highest BCUT2D eigenvalue weighted by Crippen LogP contribution is 2.18. The van der Waals surface area contributed by atoms with Gasteiger partial charge in [0.1, 0.15) is 0 Å². The Kier molecular flexibility index (Phi) is 5.04. The Bertz CT molecular complexity index is 363. The Morgan fingerprint density at radius 3 is 2.72 bits per heavy atom. The lowest BCUT2D eigenvalue weighted by Gasteiger charge is -2.31. The molecule has 1 aliphatic rings. The van der Waals surface area contributed by atoms with E-state index in [2.05, 4.69) is 36.3 Å². The van der Waals surface area contributed by atoms with Crippen molar-refractivity contribution >= 4 is 11.6 Å². The molecule has 3 heteroatoms.